The second-order valence-electron chi connectivity index (χ2n) is 4.95. The minimum atomic E-state index is -0.219. The second kappa shape index (κ2) is 5.64. The van der Waals surface area contributed by atoms with Gasteiger partial charge in [-0.1, -0.05) is 13.3 Å². The van der Waals surface area contributed by atoms with Crippen LogP contribution in [0.25, 0.3) is 0 Å². The molecule has 0 aliphatic carbocycles. The predicted molar refractivity (Wildman–Crippen MR) is 62.2 cm³/mol. The van der Waals surface area contributed by atoms with E-state index in [1.807, 2.05) is 0 Å². The Hall–Kier alpha value is -0.610. The Balaban J connectivity index is 1.70. The number of rotatable bonds is 3. The van der Waals surface area contributed by atoms with Gasteiger partial charge in [0.15, 0.2) is 0 Å². The van der Waals surface area contributed by atoms with E-state index in [0.29, 0.717) is 12.0 Å². The molecule has 3 unspecified atom stereocenters. The maximum atomic E-state index is 11.8. The van der Waals surface area contributed by atoms with E-state index in [4.69, 9.17) is 4.74 Å². The second-order valence-corrected chi connectivity index (χ2v) is 4.95. The Morgan fingerprint density at radius 3 is 2.94 bits per heavy atom. The standard InChI is InChI=1S/C12H22N2O2/c1-9-5-7-16-11(9)12(15)14-8-10-4-2-3-6-13-10/h9-11,13H,2-8H2,1H3,(H,14,15). The van der Waals surface area contributed by atoms with Gasteiger partial charge in [-0.25, -0.2) is 0 Å². The lowest BCUT2D eigenvalue weighted by Crippen LogP contribution is -2.46. The highest BCUT2D eigenvalue weighted by atomic mass is 16.5. The van der Waals surface area contributed by atoms with Crippen LogP contribution in [0.4, 0.5) is 0 Å². The van der Waals surface area contributed by atoms with Gasteiger partial charge in [0, 0.05) is 19.2 Å². The van der Waals surface area contributed by atoms with Crippen molar-refractivity contribution < 1.29 is 9.53 Å². The van der Waals surface area contributed by atoms with Gasteiger partial charge >= 0.3 is 0 Å². The highest BCUT2D eigenvalue weighted by Crippen LogP contribution is 2.19. The Labute approximate surface area is 97.1 Å². The molecule has 0 bridgehead atoms. The van der Waals surface area contributed by atoms with Gasteiger partial charge in [0.2, 0.25) is 5.91 Å². The highest BCUT2D eigenvalue weighted by Gasteiger charge is 2.30. The van der Waals surface area contributed by atoms with Crippen LogP contribution in [0.2, 0.25) is 0 Å². The Bertz CT molecular complexity index is 239. The van der Waals surface area contributed by atoms with E-state index in [1.165, 1.54) is 19.3 Å². The van der Waals surface area contributed by atoms with Crippen molar-refractivity contribution in [2.75, 3.05) is 19.7 Å². The lowest BCUT2D eigenvalue weighted by Gasteiger charge is -2.24. The van der Waals surface area contributed by atoms with Crippen molar-refractivity contribution in [3.05, 3.63) is 0 Å². The zero-order valence-electron chi connectivity index (χ0n) is 10.00. The molecule has 0 radical (unpaired) electrons. The molecule has 2 rings (SSSR count). The van der Waals surface area contributed by atoms with E-state index in [9.17, 15) is 4.79 Å². The lowest BCUT2D eigenvalue weighted by molar-refractivity contribution is -0.131. The molecule has 4 nitrogen and oxygen atoms in total. The van der Waals surface area contributed by atoms with Gasteiger partial charge in [0.05, 0.1) is 0 Å². The van der Waals surface area contributed by atoms with Crippen molar-refractivity contribution in [3.63, 3.8) is 0 Å². The van der Waals surface area contributed by atoms with Gasteiger partial charge in [-0.15, -0.1) is 0 Å². The van der Waals surface area contributed by atoms with Crippen LogP contribution in [-0.2, 0) is 9.53 Å². The minimum Gasteiger partial charge on any atom is -0.368 e. The Kier molecular flexibility index (Phi) is 4.18. The number of ether oxygens (including phenoxy) is 1. The number of nitrogens with one attached hydrogen (secondary N) is 2. The van der Waals surface area contributed by atoms with Gasteiger partial charge in [0.25, 0.3) is 0 Å². The molecule has 2 N–H and O–H groups in total. The molecule has 2 aliphatic heterocycles. The summed E-state index contributed by atoms with van der Waals surface area (Å²) in [5.74, 6) is 0.427. The Morgan fingerprint density at radius 2 is 2.31 bits per heavy atom. The first-order chi connectivity index (χ1) is 7.77. The molecular formula is C12H22N2O2. The molecule has 2 saturated heterocycles. The molecule has 92 valence electrons. The van der Waals surface area contributed by atoms with E-state index in [0.717, 1.165) is 26.1 Å². The SMILES string of the molecule is CC1CCOC1C(=O)NCC1CCCCN1. The van der Waals surface area contributed by atoms with Crippen molar-refractivity contribution in [1.29, 1.82) is 0 Å². The minimum absolute atomic E-state index is 0.0670. The monoisotopic (exact) mass is 226 g/mol. The number of hydrogen-bond donors (Lipinski definition) is 2. The first-order valence-electron chi connectivity index (χ1n) is 6.40. The molecule has 0 saturated carbocycles. The molecule has 16 heavy (non-hydrogen) atoms. The third-order valence-electron chi connectivity index (χ3n) is 3.58. The topological polar surface area (TPSA) is 50.4 Å². The molecule has 0 aromatic rings. The molecule has 3 atom stereocenters. The molecular weight excluding hydrogens is 204 g/mol. The zero-order chi connectivity index (χ0) is 11.4. The maximum absolute atomic E-state index is 11.8. The van der Waals surface area contributed by atoms with Crippen LogP contribution in [0.5, 0.6) is 0 Å². The summed E-state index contributed by atoms with van der Waals surface area (Å²) in [6, 6.07) is 0.453. The van der Waals surface area contributed by atoms with Gasteiger partial charge in [-0.3, -0.25) is 4.79 Å². The van der Waals surface area contributed by atoms with Crippen molar-refractivity contribution in [2.24, 2.45) is 5.92 Å². The van der Waals surface area contributed by atoms with Crippen molar-refractivity contribution in [3.8, 4) is 0 Å². The van der Waals surface area contributed by atoms with Crippen LogP contribution < -0.4 is 10.6 Å². The number of amides is 1. The van der Waals surface area contributed by atoms with Crippen LogP contribution in [0.3, 0.4) is 0 Å². The average molecular weight is 226 g/mol. The van der Waals surface area contributed by atoms with Crippen LogP contribution >= 0.6 is 0 Å². The number of carbonyl (C=O) groups excluding carboxylic acids is 1. The fourth-order valence-electron chi connectivity index (χ4n) is 2.45. The van der Waals surface area contributed by atoms with Crippen LogP contribution in [0.1, 0.15) is 32.6 Å². The molecule has 0 aromatic heterocycles. The molecule has 0 spiro atoms. The summed E-state index contributed by atoms with van der Waals surface area (Å²) in [7, 11) is 0. The molecule has 2 aliphatic rings. The van der Waals surface area contributed by atoms with Crippen molar-refractivity contribution in [1.82, 2.24) is 10.6 Å². The van der Waals surface area contributed by atoms with Crippen molar-refractivity contribution >= 4 is 5.91 Å². The third kappa shape index (κ3) is 2.95. The summed E-state index contributed by atoms with van der Waals surface area (Å²) in [6.07, 6.45) is 4.47. The fraction of sp³-hybridized carbons (Fsp3) is 0.917. The highest BCUT2D eigenvalue weighted by molar-refractivity contribution is 5.81. The Morgan fingerprint density at radius 1 is 1.44 bits per heavy atom. The third-order valence-corrected chi connectivity index (χ3v) is 3.58. The first kappa shape index (κ1) is 11.9. The number of hydrogen-bond acceptors (Lipinski definition) is 3. The van der Waals surface area contributed by atoms with Crippen LogP contribution in [0, 0.1) is 5.92 Å². The molecule has 2 heterocycles. The van der Waals surface area contributed by atoms with E-state index in [1.54, 1.807) is 0 Å². The van der Waals surface area contributed by atoms with E-state index >= 15 is 0 Å². The largest absolute Gasteiger partial charge is 0.368 e. The van der Waals surface area contributed by atoms with Crippen LogP contribution in [0.15, 0.2) is 0 Å². The number of carbonyl (C=O) groups is 1. The van der Waals surface area contributed by atoms with Gasteiger partial charge in [-0.2, -0.15) is 0 Å². The summed E-state index contributed by atoms with van der Waals surface area (Å²) < 4.78 is 5.43. The van der Waals surface area contributed by atoms with Gasteiger partial charge in [-0.05, 0) is 31.7 Å². The maximum Gasteiger partial charge on any atom is 0.249 e. The van der Waals surface area contributed by atoms with Gasteiger partial charge < -0.3 is 15.4 Å². The van der Waals surface area contributed by atoms with E-state index in [2.05, 4.69) is 17.6 Å². The molecule has 4 heteroatoms. The summed E-state index contributed by atoms with van der Waals surface area (Å²) in [4.78, 5) is 11.8. The van der Waals surface area contributed by atoms with Gasteiger partial charge in [0.1, 0.15) is 6.10 Å². The predicted octanol–water partition coefficient (Wildman–Crippen LogP) is 0.670. The van der Waals surface area contributed by atoms with E-state index in [-0.39, 0.29) is 12.0 Å². The van der Waals surface area contributed by atoms with E-state index < -0.39 is 0 Å². The molecule has 0 aromatic carbocycles. The normalized spacial score (nSPS) is 34.9. The lowest BCUT2D eigenvalue weighted by atomic mass is 10.0. The summed E-state index contributed by atoms with van der Waals surface area (Å²) in [5.41, 5.74) is 0. The summed E-state index contributed by atoms with van der Waals surface area (Å²) >= 11 is 0. The van der Waals surface area contributed by atoms with Crippen molar-refractivity contribution in [2.45, 2.75) is 44.8 Å². The average Bonchev–Trinajstić information content (AvgIpc) is 2.74. The number of piperidine rings is 1. The quantitative estimate of drug-likeness (QED) is 0.743. The zero-order valence-corrected chi connectivity index (χ0v) is 10.00. The smallest absolute Gasteiger partial charge is 0.249 e. The summed E-state index contributed by atoms with van der Waals surface area (Å²) in [5, 5.41) is 6.42. The molecule has 1 amide bonds. The van der Waals surface area contributed by atoms with Crippen LogP contribution in [-0.4, -0.2) is 37.7 Å². The fourth-order valence-corrected chi connectivity index (χ4v) is 2.45. The first-order valence-corrected chi connectivity index (χ1v) is 6.40. The molecule has 2 fully saturated rings. The summed E-state index contributed by atoms with van der Waals surface area (Å²) in [6.45, 7) is 4.62.